The van der Waals surface area contributed by atoms with Crippen LogP contribution in [-0.2, 0) is 33.6 Å². The summed E-state index contributed by atoms with van der Waals surface area (Å²) in [4.78, 5) is 21.7. The van der Waals surface area contributed by atoms with E-state index in [2.05, 4.69) is 36.2 Å². The standard InChI is InChI=1S/C18H28N2O.C4H4O4/c1-18(2)7-4-16-12-14-5-8-19-9-6-15(14)13-17(16)20(18)10-11-21-3;5-3(6)1-2-4(7)8/h12-13,19H,4-11H2,1-3H3;1-2H,(H,5,6)(H,7,8)/b;2-1+. The van der Waals surface area contributed by atoms with Crippen molar-refractivity contribution in [1.29, 1.82) is 0 Å². The van der Waals surface area contributed by atoms with Crippen molar-refractivity contribution in [3.63, 3.8) is 0 Å². The molecule has 0 saturated carbocycles. The summed E-state index contributed by atoms with van der Waals surface area (Å²) in [6.45, 7) is 8.71. The monoisotopic (exact) mass is 404 g/mol. The van der Waals surface area contributed by atoms with Gasteiger partial charge in [-0.3, -0.25) is 0 Å². The Morgan fingerprint density at radius 1 is 1.07 bits per heavy atom. The van der Waals surface area contributed by atoms with Crippen LogP contribution in [-0.4, -0.2) is 61.0 Å². The zero-order chi connectivity index (χ0) is 21.4. The van der Waals surface area contributed by atoms with E-state index in [1.54, 1.807) is 18.2 Å². The Balaban J connectivity index is 0.000000321. The Bertz CT molecular complexity index is 742. The minimum atomic E-state index is -1.26. The normalized spacial score (nSPS) is 17.6. The van der Waals surface area contributed by atoms with E-state index >= 15 is 0 Å². The highest BCUT2D eigenvalue weighted by Crippen LogP contribution is 2.38. The predicted octanol–water partition coefficient (Wildman–Crippen LogP) is 2.26. The summed E-state index contributed by atoms with van der Waals surface area (Å²) in [5, 5.41) is 19.1. The molecule has 0 amide bonds. The van der Waals surface area contributed by atoms with Gasteiger partial charge in [-0.05, 0) is 75.4 Å². The molecule has 0 atom stereocenters. The summed E-state index contributed by atoms with van der Waals surface area (Å²) in [7, 11) is 1.79. The van der Waals surface area contributed by atoms with E-state index in [0.29, 0.717) is 12.2 Å². The van der Waals surface area contributed by atoms with E-state index in [9.17, 15) is 9.59 Å². The summed E-state index contributed by atoms with van der Waals surface area (Å²) in [6.07, 6.45) is 5.86. The van der Waals surface area contributed by atoms with Crippen molar-refractivity contribution in [1.82, 2.24) is 5.32 Å². The SMILES string of the molecule is COCCN1c2cc3c(cc2CCC1(C)C)CCNCC3.O=C(O)/C=C/C(=O)O. The molecule has 3 N–H and O–H groups in total. The molecule has 7 nitrogen and oxygen atoms in total. The maximum Gasteiger partial charge on any atom is 0.328 e. The molecule has 29 heavy (non-hydrogen) atoms. The van der Waals surface area contributed by atoms with E-state index in [-0.39, 0.29) is 5.54 Å². The maximum absolute atomic E-state index is 9.55. The van der Waals surface area contributed by atoms with Gasteiger partial charge in [0.15, 0.2) is 0 Å². The van der Waals surface area contributed by atoms with Gasteiger partial charge >= 0.3 is 11.9 Å². The molecular formula is C22H32N2O5. The molecule has 1 aromatic rings. The Morgan fingerprint density at radius 3 is 2.21 bits per heavy atom. The second-order valence-electron chi connectivity index (χ2n) is 7.97. The number of benzene rings is 1. The highest BCUT2D eigenvalue weighted by Gasteiger charge is 2.33. The maximum atomic E-state index is 9.55. The summed E-state index contributed by atoms with van der Waals surface area (Å²) < 4.78 is 5.33. The second-order valence-corrected chi connectivity index (χ2v) is 7.97. The fraction of sp³-hybridized carbons (Fsp3) is 0.545. The van der Waals surface area contributed by atoms with Crippen LogP contribution in [0.1, 0.15) is 37.0 Å². The molecular weight excluding hydrogens is 372 g/mol. The third kappa shape index (κ3) is 6.58. The van der Waals surface area contributed by atoms with Gasteiger partial charge in [-0.25, -0.2) is 9.59 Å². The molecule has 7 heteroatoms. The van der Waals surface area contributed by atoms with Crippen molar-refractivity contribution < 1.29 is 24.5 Å². The number of hydrogen-bond acceptors (Lipinski definition) is 5. The largest absolute Gasteiger partial charge is 0.478 e. The van der Waals surface area contributed by atoms with E-state index in [0.717, 1.165) is 32.7 Å². The van der Waals surface area contributed by atoms with Crippen LogP contribution >= 0.6 is 0 Å². The summed E-state index contributed by atoms with van der Waals surface area (Å²) in [5.74, 6) is -2.51. The third-order valence-electron chi connectivity index (χ3n) is 5.46. The summed E-state index contributed by atoms with van der Waals surface area (Å²) in [6, 6.07) is 4.95. The number of hydrogen-bond donors (Lipinski definition) is 3. The van der Waals surface area contributed by atoms with Crippen LogP contribution < -0.4 is 10.2 Å². The molecule has 2 aliphatic rings. The lowest BCUT2D eigenvalue weighted by atomic mass is 9.84. The topological polar surface area (TPSA) is 99.1 Å². The molecule has 0 unspecified atom stereocenters. The quantitative estimate of drug-likeness (QED) is 0.648. The molecule has 0 aliphatic carbocycles. The number of carboxylic acids is 2. The van der Waals surface area contributed by atoms with E-state index in [4.69, 9.17) is 14.9 Å². The van der Waals surface area contributed by atoms with Crippen LogP contribution in [0.3, 0.4) is 0 Å². The first kappa shape index (κ1) is 22.9. The van der Waals surface area contributed by atoms with Crippen LogP contribution in [0.15, 0.2) is 24.3 Å². The van der Waals surface area contributed by atoms with Crippen molar-refractivity contribution in [2.75, 3.05) is 38.3 Å². The molecule has 0 spiro atoms. The number of rotatable bonds is 5. The highest BCUT2D eigenvalue weighted by atomic mass is 16.5. The Morgan fingerprint density at radius 2 is 1.66 bits per heavy atom. The number of methoxy groups -OCH3 is 1. The molecule has 0 radical (unpaired) electrons. The Hall–Kier alpha value is -2.38. The zero-order valence-electron chi connectivity index (χ0n) is 17.5. The van der Waals surface area contributed by atoms with Gasteiger partial charge in [0.2, 0.25) is 0 Å². The fourth-order valence-corrected chi connectivity index (χ4v) is 3.87. The molecule has 0 bridgehead atoms. The number of aryl methyl sites for hydroxylation is 1. The molecule has 0 saturated heterocycles. The lowest BCUT2D eigenvalue weighted by Crippen LogP contribution is -2.49. The number of nitrogens with zero attached hydrogens (tertiary/aromatic N) is 1. The van der Waals surface area contributed by atoms with Gasteiger partial charge in [0.25, 0.3) is 0 Å². The fourth-order valence-electron chi connectivity index (χ4n) is 3.87. The lowest BCUT2D eigenvalue weighted by Gasteiger charge is -2.45. The molecule has 2 aliphatic heterocycles. The molecule has 0 fully saturated rings. The predicted molar refractivity (Wildman–Crippen MR) is 113 cm³/mol. The van der Waals surface area contributed by atoms with Crippen LogP contribution in [0.5, 0.6) is 0 Å². The average Bonchev–Trinajstić information content (AvgIpc) is 2.89. The number of carboxylic acid groups (broad SMARTS) is 2. The number of ether oxygens (including phenoxy) is 1. The van der Waals surface area contributed by atoms with Crippen LogP contribution in [0.2, 0.25) is 0 Å². The first-order valence-electron chi connectivity index (χ1n) is 10.0. The van der Waals surface area contributed by atoms with Crippen LogP contribution in [0, 0.1) is 0 Å². The van der Waals surface area contributed by atoms with Gasteiger partial charge in [0, 0.05) is 37.0 Å². The van der Waals surface area contributed by atoms with Gasteiger partial charge in [-0.15, -0.1) is 0 Å². The third-order valence-corrected chi connectivity index (χ3v) is 5.46. The average molecular weight is 405 g/mol. The van der Waals surface area contributed by atoms with Gasteiger partial charge in [-0.1, -0.05) is 6.07 Å². The van der Waals surface area contributed by atoms with E-state index < -0.39 is 11.9 Å². The molecule has 1 aromatic carbocycles. The minimum Gasteiger partial charge on any atom is -0.478 e. The van der Waals surface area contributed by atoms with Gasteiger partial charge < -0.3 is 25.2 Å². The van der Waals surface area contributed by atoms with Crippen molar-refractivity contribution >= 4 is 17.6 Å². The first-order chi connectivity index (χ1) is 13.7. The van der Waals surface area contributed by atoms with Crippen molar-refractivity contribution in [3.05, 3.63) is 41.0 Å². The van der Waals surface area contributed by atoms with Gasteiger partial charge in [0.1, 0.15) is 0 Å². The summed E-state index contributed by atoms with van der Waals surface area (Å²) in [5.41, 5.74) is 6.31. The number of nitrogens with one attached hydrogen (secondary N) is 1. The number of fused-ring (bicyclic) bond motifs is 2. The summed E-state index contributed by atoms with van der Waals surface area (Å²) >= 11 is 0. The zero-order valence-corrected chi connectivity index (χ0v) is 17.5. The van der Waals surface area contributed by atoms with Gasteiger partial charge in [-0.2, -0.15) is 0 Å². The molecule has 2 heterocycles. The molecule has 3 rings (SSSR count). The number of anilines is 1. The lowest BCUT2D eigenvalue weighted by molar-refractivity contribution is -0.134. The second kappa shape index (κ2) is 10.4. The Labute approximate surface area is 172 Å². The highest BCUT2D eigenvalue weighted by molar-refractivity contribution is 5.89. The molecule has 0 aromatic heterocycles. The van der Waals surface area contributed by atoms with Crippen LogP contribution in [0.4, 0.5) is 5.69 Å². The van der Waals surface area contributed by atoms with E-state index in [1.807, 2.05) is 0 Å². The smallest absolute Gasteiger partial charge is 0.328 e. The molecule has 160 valence electrons. The number of carbonyl (C=O) groups is 2. The van der Waals surface area contributed by atoms with Gasteiger partial charge in [0.05, 0.1) is 6.61 Å². The minimum absolute atomic E-state index is 0.225. The van der Waals surface area contributed by atoms with E-state index in [1.165, 1.54) is 30.5 Å². The van der Waals surface area contributed by atoms with Crippen molar-refractivity contribution in [3.8, 4) is 0 Å². The number of aliphatic carboxylic acids is 2. The van der Waals surface area contributed by atoms with Crippen molar-refractivity contribution in [2.45, 2.75) is 45.1 Å². The Kier molecular flexibility index (Phi) is 8.22. The van der Waals surface area contributed by atoms with Crippen LogP contribution in [0.25, 0.3) is 0 Å². The first-order valence-corrected chi connectivity index (χ1v) is 10.0. The van der Waals surface area contributed by atoms with Crippen molar-refractivity contribution in [2.24, 2.45) is 0 Å².